The van der Waals surface area contributed by atoms with E-state index in [0.717, 1.165) is 5.75 Å². The Labute approximate surface area is 128 Å². The number of fused-ring (bicyclic) bond motifs is 1. The van der Waals surface area contributed by atoms with E-state index in [-0.39, 0.29) is 5.60 Å². The van der Waals surface area contributed by atoms with E-state index >= 15 is 0 Å². The molecule has 21 heavy (non-hydrogen) atoms. The zero-order valence-corrected chi connectivity index (χ0v) is 13.1. The molecule has 0 atom stereocenters. The lowest BCUT2D eigenvalue weighted by molar-refractivity contribution is 0.0443. The molecule has 0 N–H and O–H groups in total. The van der Waals surface area contributed by atoms with Gasteiger partial charge in [-0.05, 0) is 43.6 Å². The molecule has 1 aliphatic rings. The van der Waals surface area contributed by atoms with Crippen LogP contribution < -0.4 is 4.74 Å². The Morgan fingerprint density at radius 1 is 0.905 bits per heavy atom. The third kappa shape index (κ3) is 3.23. The minimum atomic E-state index is 0.0649. The quantitative estimate of drug-likeness (QED) is 0.614. The van der Waals surface area contributed by atoms with Crippen LogP contribution in [0.1, 0.15) is 58.3 Å². The van der Waals surface area contributed by atoms with E-state index in [1.54, 1.807) is 0 Å². The van der Waals surface area contributed by atoms with E-state index in [1.165, 1.54) is 62.1 Å². The first kappa shape index (κ1) is 14.4. The first-order chi connectivity index (χ1) is 10.3. The summed E-state index contributed by atoms with van der Waals surface area (Å²) in [5.41, 5.74) is 0.0649. The molecule has 0 bridgehead atoms. The Kier molecular flexibility index (Phi) is 4.48. The third-order valence-electron chi connectivity index (χ3n) is 4.80. The van der Waals surface area contributed by atoms with Crippen LogP contribution in [0.25, 0.3) is 10.8 Å². The maximum Gasteiger partial charge on any atom is 0.127 e. The molecule has 2 aromatic carbocycles. The van der Waals surface area contributed by atoms with Crippen molar-refractivity contribution in [2.45, 2.75) is 63.9 Å². The van der Waals surface area contributed by atoms with Gasteiger partial charge in [0, 0.05) is 5.39 Å². The summed E-state index contributed by atoms with van der Waals surface area (Å²) < 4.78 is 6.68. The van der Waals surface area contributed by atoms with E-state index in [4.69, 9.17) is 4.74 Å². The molecule has 0 amide bonds. The van der Waals surface area contributed by atoms with Crippen molar-refractivity contribution < 1.29 is 4.74 Å². The molecule has 1 fully saturated rings. The van der Waals surface area contributed by atoms with Crippen LogP contribution in [0.4, 0.5) is 0 Å². The van der Waals surface area contributed by atoms with E-state index in [2.05, 4.69) is 49.4 Å². The third-order valence-corrected chi connectivity index (χ3v) is 4.80. The van der Waals surface area contributed by atoms with Crippen LogP contribution in [0.2, 0.25) is 0 Å². The molecule has 0 aromatic heterocycles. The fraction of sp³-hybridized carbons (Fsp3) is 0.500. The van der Waals surface area contributed by atoms with E-state index in [0.29, 0.717) is 0 Å². The Hall–Kier alpha value is -1.50. The van der Waals surface area contributed by atoms with Gasteiger partial charge in [-0.2, -0.15) is 0 Å². The van der Waals surface area contributed by atoms with Crippen LogP contribution in [0.5, 0.6) is 5.75 Å². The lowest BCUT2D eigenvalue weighted by atomic mass is 9.89. The van der Waals surface area contributed by atoms with Crippen LogP contribution >= 0.6 is 0 Å². The molecule has 2 aromatic rings. The summed E-state index contributed by atoms with van der Waals surface area (Å²) >= 11 is 0. The van der Waals surface area contributed by atoms with Crippen molar-refractivity contribution in [3.05, 3.63) is 42.5 Å². The molecule has 1 heteroatoms. The van der Waals surface area contributed by atoms with Gasteiger partial charge in [0.1, 0.15) is 11.4 Å². The standard InChI is InChI=1S/C20H26O/c1-2-14-20(15-7-3-4-8-16-20)21-19-13-9-11-17-10-5-6-12-18(17)19/h5-6,9-13H,2-4,7-8,14-16H2,1H3. The van der Waals surface area contributed by atoms with Crippen LogP contribution in [-0.2, 0) is 0 Å². The highest BCUT2D eigenvalue weighted by molar-refractivity contribution is 5.88. The predicted molar refractivity (Wildman–Crippen MR) is 89.9 cm³/mol. The molecule has 0 radical (unpaired) electrons. The normalized spacial score (nSPS) is 18.3. The van der Waals surface area contributed by atoms with Gasteiger partial charge in [-0.25, -0.2) is 0 Å². The van der Waals surface area contributed by atoms with Crippen LogP contribution in [0.3, 0.4) is 0 Å². The van der Waals surface area contributed by atoms with Crippen molar-refractivity contribution in [3.63, 3.8) is 0 Å². The van der Waals surface area contributed by atoms with E-state index in [9.17, 15) is 0 Å². The fourth-order valence-corrected chi connectivity index (χ4v) is 3.75. The average molecular weight is 282 g/mol. The minimum absolute atomic E-state index is 0.0649. The molecule has 112 valence electrons. The smallest absolute Gasteiger partial charge is 0.127 e. The summed E-state index contributed by atoms with van der Waals surface area (Å²) in [5, 5.41) is 2.52. The second kappa shape index (κ2) is 6.51. The van der Waals surface area contributed by atoms with Crippen molar-refractivity contribution >= 4 is 10.8 Å². The van der Waals surface area contributed by atoms with Crippen LogP contribution in [-0.4, -0.2) is 5.60 Å². The molecule has 1 nitrogen and oxygen atoms in total. The summed E-state index contributed by atoms with van der Waals surface area (Å²) in [6.45, 7) is 2.28. The van der Waals surface area contributed by atoms with Crippen LogP contribution in [0.15, 0.2) is 42.5 Å². The van der Waals surface area contributed by atoms with Gasteiger partial charge in [-0.15, -0.1) is 0 Å². The molecule has 0 heterocycles. The number of hydrogen-bond acceptors (Lipinski definition) is 1. The van der Waals surface area contributed by atoms with Crippen molar-refractivity contribution in [3.8, 4) is 5.75 Å². The van der Waals surface area contributed by atoms with E-state index < -0.39 is 0 Å². The van der Waals surface area contributed by atoms with Gasteiger partial charge < -0.3 is 4.74 Å². The molecule has 0 saturated heterocycles. The fourth-order valence-electron chi connectivity index (χ4n) is 3.75. The Balaban J connectivity index is 1.93. The predicted octanol–water partition coefficient (Wildman–Crippen LogP) is 6.11. The van der Waals surface area contributed by atoms with Crippen molar-refractivity contribution in [1.29, 1.82) is 0 Å². The molecule has 0 spiro atoms. The van der Waals surface area contributed by atoms with E-state index in [1.807, 2.05) is 0 Å². The average Bonchev–Trinajstić information content (AvgIpc) is 2.74. The Morgan fingerprint density at radius 2 is 1.62 bits per heavy atom. The van der Waals surface area contributed by atoms with Gasteiger partial charge in [0.25, 0.3) is 0 Å². The van der Waals surface area contributed by atoms with Crippen LogP contribution in [0, 0.1) is 0 Å². The van der Waals surface area contributed by atoms with Gasteiger partial charge in [-0.1, -0.05) is 62.6 Å². The number of benzene rings is 2. The zero-order chi connectivity index (χ0) is 14.5. The number of ether oxygens (including phenoxy) is 1. The molecule has 0 unspecified atom stereocenters. The maximum atomic E-state index is 6.68. The van der Waals surface area contributed by atoms with Gasteiger partial charge in [0.15, 0.2) is 0 Å². The molecule has 3 rings (SSSR count). The molecule has 1 aliphatic carbocycles. The van der Waals surface area contributed by atoms with Gasteiger partial charge in [-0.3, -0.25) is 0 Å². The highest BCUT2D eigenvalue weighted by Gasteiger charge is 2.32. The summed E-state index contributed by atoms with van der Waals surface area (Å²) in [6.07, 6.45) is 10.2. The van der Waals surface area contributed by atoms with Crippen molar-refractivity contribution in [2.24, 2.45) is 0 Å². The Morgan fingerprint density at radius 3 is 2.38 bits per heavy atom. The lowest BCUT2D eigenvalue weighted by Gasteiger charge is -2.34. The zero-order valence-electron chi connectivity index (χ0n) is 13.1. The first-order valence-electron chi connectivity index (χ1n) is 8.50. The summed E-state index contributed by atoms with van der Waals surface area (Å²) in [6, 6.07) is 15.0. The van der Waals surface area contributed by atoms with Crippen molar-refractivity contribution in [2.75, 3.05) is 0 Å². The SMILES string of the molecule is CCCC1(Oc2cccc3ccccc23)CCCCCC1. The van der Waals surface area contributed by atoms with Gasteiger partial charge in [0.05, 0.1) is 0 Å². The maximum absolute atomic E-state index is 6.68. The van der Waals surface area contributed by atoms with Gasteiger partial charge >= 0.3 is 0 Å². The largest absolute Gasteiger partial charge is 0.487 e. The molecule has 0 aliphatic heterocycles. The topological polar surface area (TPSA) is 9.23 Å². The highest BCUT2D eigenvalue weighted by Crippen LogP contribution is 2.37. The summed E-state index contributed by atoms with van der Waals surface area (Å²) in [7, 11) is 0. The van der Waals surface area contributed by atoms with Gasteiger partial charge in [0.2, 0.25) is 0 Å². The lowest BCUT2D eigenvalue weighted by Crippen LogP contribution is -2.35. The minimum Gasteiger partial charge on any atom is -0.487 e. The molecule has 1 saturated carbocycles. The van der Waals surface area contributed by atoms with Crippen molar-refractivity contribution in [1.82, 2.24) is 0 Å². The molecular weight excluding hydrogens is 256 g/mol. The second-order valence-electron chi connectivity index (χ2n) is 6.43. The Bertz CT molecular complexity index is 574. The summed E-state index contributed by atoms with van der Waals surface area (Å²) in [4.78, 5) is 0. The second-order valence-corrected chi connectivity index (χ2v) is 6.43. The number of hydrogen-bond donors (Lipinski definition) is 0. The highest BCUT2D eigenvalue weighted by atomic mass is 16.5. The first-order valence-corrected chi connectivity index (χ1v) is 8.50. The molecular formula is C20H26O. The monoisotopic (exact) mass is 282 g/mol. The summed E-state index contributed by atoms with van der Waals surface area (Å²) in [5.74, 6) is 1.07. The number of rotatable bonds is 4.